The molecule has 0 bridgehead atoms. The molecule has 0 aromatic rings. The van der Waals surface area contributed by atoms with Gasteiger partial charge in [0.1, 0.15) is 0 Å². The predicted molar refractivity (Wildman–Crippen MR) is 72.4 cm³/mol. The Morgan fingerprint density at radius 1 is 1.13 bits per heavy atom. The van der Waals surface area contributed by atoms with Gasteiger partial charge >= 0.3 is 0 Å². The van der Waals surface area contributed by atoms with Crippen molar-refractivity contribution in [3.05, 3.63) is 47.7 Å². The summed E-state index contributed by atoms with van der Waals surface area (Å²) in [7, 11) is 0. The molecule has 0 saturated carbocycles. The second-order valence-corrected chi connectivity index (χ2v) is 3.03. The van der Waals surface area contributed by atoms with Gasteiger partial charge < -0.3 is 0 Å². The molecule has 0 aliphatic heterocycles. The van der Waals surface area contributed by atoms with E-state index in [0.717, 1.165) is 22.4 Å². The zero-order valence-electron chi connectivity index (χ0n) is 10.7. The van der Waals surface area contributed by atoms with Crippen LogP contribution < -0.4 is 0 Å². The van der Waals surface area contributed by atoms with Crippen molar-refractivity contribution in [1.82, 2.24) is 0 Å². The predicted octanol–water partition coefficient (Wildman–Crippen LogP) is 4.70. The molecule has 0 N–H and O–H groups in total. The molecular weight excluding hydrogens is 182 g/mol. The van der Waals surface area contributed by atoms with Crippen LogP contribution in [0.2, 0.25) is 0 Å². The second-order valence-electron chi connectivity index (χ2n) is 3.03. The van der Waals surface area contributed by atoms with Crippen LogP contribution in [-0.2, 0) is 0 Å². The molecule has 0 aliphatic carbocycles. The normalized spacial score (nSPS) is 11.9. The molecule has 0 aromatic heterocycles. The fraction of sp³-hybridized carbons (Fsp3) is 0.357. The van der Waals surface area contributed by atoms with Crippen LogP contribution >= 0.6 is 0 Å². The molecule has 0 amide bonds. The largest absolute Gasteiger partial charge is 0.269 e. The van der Waals surface area contributed by atoms with Crippen molar-refractivity contribution in [2.24, 2.45) is 4.99 Å². The lowest BCUT2D eigenvalue weighted by molar-refractivity contribution is 1.24. The molecule has 0 spiro atoms. The molecule has 0 rings (SSSR count). The van der Waals surface area contributed by atoms with Crippen LogP contribution in [-0.4, -0.2) is 6.72 Å². The third-order valence-corrected chi connectivity index (χ3v) is 1.78. The van der Waals surface area contributed by atoms with Crippen molar-refractivity contribution < 1.29 is 0 Å². The van der Waals surface area contributed by atoms with Crippen LogP contribution in [0.25, 0.3) is 0 Å². The van der Waals surface area contributed by atoms with Crippen molar-refractivity contribution in [3.63, 3.8) is 0 Å². The Morgan fingerprint density at radius 3 is 1.87 bits per heavy atom. The third-order valence-electron chi connectivity index (χ3n) is 1.78. The summed E-state index contributed by atoms with van der Waals surface area (Å²) in [4.78, 5) is 3.89. The van der Waals surface area contributed by atoms with E-state index < -0.39 is 0 Å². The van der Waals surface area contributed by atoms with E-state index in [1.54, 1.807) is 6.08 Å². The van der Waals surface area contributed by atoms with Crippen LogP contribution in [0.1, 0.15) is 34.6 Å². The summed E-state index contributed by atoms with van der Waals surface area (Å²) in [6, 6.07) is 0. The number of aliphatic imine (C=N–C) groups is 1. The van der Waals surface area contributed by atoms with Crippen LogP contribution in [0.15, 0.2) is 52.7 Å². The van der Waals surface area contributed by atoms with Gasteiger partial charge in [0.25, 0.3) is 0 Å². The van der Waals surface area contributed by atoms with Gasteiger partial charge in [-0.2, -0.15) is 0 Å². The number of allylic oxidation sites excluding steroid dienone is 6. The van der Waals surface area contributed by atoms with E-state index in [0.29, 0.717) is 0 Å². The third kappa shape index (κ3) is 6.67. The summed E-state index contributed by atoms with van der Waals surface area (Å²) in [5.74, 6) is 0. The highest BCUT2D eigenvalue weighted by atomic mass is 14.7. The van der Waals surface area contributed by atoms with Gasteiger partial charge in [-0.1, -0.05) is 44.7 Å². The molecule has 15 heavy (non-hydrogen) atoms. The minimum absolute atomic E-state index is 0.897. The lowest BCUT2D eigenvalue weighted by Gasteiger charge is -2.04. The first-order valence-corrected chi connectivity index (χ1v) is 5.17. The van der Waals surface area contributed by atoms with Gasteiger partial charge in [-0.3, -0.25) is 4.99 Å². The molecule has 0 atom stereocenters. The number of hydrogen-bond acceptors (Lipinski definition) is 1. The highest BCUT2D eigenvalue weighted by Crippen LogP contribution is 2.17. The second kappa shape index (κ2) is 9.20. The summed E-state index contributed by atoms with van der Waals surface area (Å²) < 4.78 is 0. The Hall–Kier alpha value is -1.37. The average Bonchev–Trinajstić information content (AvgIpc) is 2.26. The highest BCUT2D eigenvalue weighted by Gasteiger charge is 1.98. The van der Waals surface area contributed by atoms with Crippen molar-refractivity contribution in [3.8, 4) is 0 Å². The molecule has 0 heterocycles. The first-order chi connectivity index (χ1) is 7.02. The Bertz CT molecular complexity index is 290. The standard InChI is InChI=1S/C12H17N.C2H6/c1-7-10(4)8-12(9(2)3)11(5)13-6;1-2/h7-8H,1-2,6H2,3-5H3;1-2H3/b10-8-,12-11-;. The van der Waals surface area contributed by atoms with Crippen molar-refractivity contribution in [1.29, 1.82) is 0 Å². The molecule has 0 aromatic carbocycles. The van der Waals surface area contributed by atoms with Gasteiger partial charge in [0.2, 0.25) is 0 Å². The summed E-state index contributed by atoms with van der Waals surface area (Å²) in [5, 5.41) is 0. The molecular formula is C14H23N. The topological polar surface area (TPSA) is 12.4 Å². The summed E-state index contributed by atoms with van der Waals surface area (Å²) >= 11 is 0. The minimum atomic E-state index is 0.897. The zero-order chi connectivity index (χ0) is 12.4. The Balaban J connectivity index is 0. The van der Waals surface area contributed by atoms with Gasteiger partial charge in [0, 0.05) is 5.70 Å². The molecule has 84 valence electrons. The van der Waals surface area contributed by atoms with E-state index in [1.807, 2.05) is 40.7 Å². The van der Waals surface area contributed by atoms with Crippen LogP contribution in [0.5, 0.6) is 0 Å². The SMILES string of the molecule is C=C/C(C)=C\C(C(=C)C)=C(/C)N=C.CC. The van der Waals surface area contributed by atoms with E-state index in [-0.39, 0.29) is 0 Å². The lowest BCUT2D eigenvalue weighted by Crippen LogP contribution is -1.85. The Labute approximate surface area is 94.6 Å². The molecule has 0 fully saturated rings. The molecule has 0 aliphatic rings. The highest BCUT2D eigenvalue weighted by molar-refractivity contribution is 5.45. The maximum Gasteiger partial charge on any atom is 0.0440 e. The van der Waals surface area contributed by atoms with Gasteiger partial charge in [0.15, 0.2) is 0 Å². The first-order valence-electron chi connectivity index (χ1n) is 5.17. The van der Waals surface area contributed by atoms with E-state index in [4.69, 9.17) is 0 Å². The van der Waals surface area contributed by atoms with Gasteiger partial charge in [-0.05, 0) is 38.6 Å². The lowest BCUT2D eigenvalue weighted by atomic mass is 10.0. The Morgan fingerprint density at radius 2 is 1.60 bits per heavy atom. The Kier molecular flexibility index (Phi) is 9.85. The monoisotopic (exact) mass is 205 g/mol. The molecule has 0 radical (unpaired) electrons. The maximum absolute atomic E-state index is 3.89. The molecule has 0 saturated heterocycles. The zero-order valence-corrected chi connectivity index (χ0v) is 10.7. The van der Waals surface area contributed by atoms with Crippen molar-refractivity contribution in [2.75, 3.05) is 0 Å². The number of hydrogen-bond donors (Lipinski definition) is 0. The molecule has 1 nitrogen and oxygen atoms in total. The minimum Gasteiger partial charge on any atom is -0.269 e. The summed E-state index contributed by atoms with van der Waals surface area (Å²) in [6.45, 7) is 20.9. The van der Waals surface area contributed by atoms with Crippen molar-refractivity contribution >= 4 is 6.72 Å². The fourth-order valence-electron chi connectivity index (χ4n) is 0.908. The van der Waals surface area contributed by atoms with E-state index in [9.17, 15) is 0 Å². The summed E-state index contributed by atoms with van der Waals surface area (Å²) in [5.41, 5.74) is 4.02. The van der Waals surface area contributed by atoms with E-state index >= 15 is 0 Å². The molecule has 1 heteroatoms. The van der Waals surface area contributed by atoms with Gasteiger partial charge in [0.05, 0.1) is 0 Å². The fourth-order valence-corrected chi connectivity index (χ4v) is 0.908. The average molecular weight is 205 g/mol. The van der Waals surface area contributed by atoms with E-state index in [2.05, 4.69) is 24.9 Å². The smallest absolute Gasteiger partial charge is 0.0440 e. The van der Waals surface area contributed by atoms with E-state index in [1.165, 1.54) is 0 Å². The quantitative estimate of drug-likeness (QED) is 0.466. The number of nitrogens with zero attached hydrogens (tertiary/aromatic N) is 1. The van der Waals surface area contributed by atoms with Crippen LogP contribution in [0.3, 0.4) is 0 Å². The maximum atomic E-state index is 3.89. The number of rotatable bonds is 4. The van der Waals surface area contributed by atoms with Crippen molar-refractivity contribution in [2.45, 2.75) is 34.6 Å². The van der Waals surface area contributed by atoms with Crippen LogP contribution in [0, 0.1) is 0 Å². The van der Waals surface area contributed by atoms with Gasteiger partial charge in [-0.15, -0.1) is 0 Å². The summed E-state index contributed by atoms with van der Waals surface area (Å²) in [6.07, 6.45) is 3.82. The first kappa shape index (κ1) is 16.1. The van der Waals surface area contributed by atoms with Gasteiger partial charge in [-0.25, -0.2) is 0 Å². The van der Waals surface area contributed by atoms with Crippen LogP contribution in [0.4, 0.5) is 0 Å². The molecule has 0 unspecified atom stereocenters.